The van der Waals surface area contributed by atoms with Gasteiger partial charge in [0.2, 0.25) is 0 Å². The maximum Gasteiger partial charge on any atom is 0.124 e. The summed E-state index contributed by atoms with van der Waals surface area (Å²) in [5.41, 5.74) is 3.37. The smallest absolute Gasteiger partial charge is 0.124 e. The van der Waals surface area contributed by atoms with Crippen molar-refractivity contribution in [3.05, 3.63) is 71.0 Å². The molecule has 0 fully saturated rings. The molecule has 25 heavy (non-hydrogen) atoms. The monoisotopic (exact) mass is 399 g/mol. The summed E-state index contributed by atoms with van der Waals surface area (Å²) in [7, 11) is 1.67. The first-order valence-corrected chi connectivity index (χ1v) is 9.10. The molecule has 0 aliphatic rings. The molecule has 0 saturated carbocycles. The van der Waals surface area contributed by atoms with Crippen LogP contribution in [0.1, 0.15) is 11.4 Å². The van der Waals surface area contributed by atoms with E-state index in [1.165, 1.54) is 5.56 Å². The summed E-state index contributed by atoms with van der Waals surface area (Å²) in [6, 6.07) is 14.4. The van der Waals surface area contributed by atoms with E-state index in [4.69, 9.17) is 9.72 Å². The van der Waals surface area contributed by atoms with Gasteiger partial charge in [0.1, 0.15) is 11.6 Å². The third-order valence-electron chi connectivity index (χ3n) is 4.13. The van der Waals surface area contributed by atoms with Crippen LogP contribution in [0.25, 0.3) is 11.0 Å². The summed E-state index contributed by atoms with van der Waals surface area (Å²) in [5, 5.41) is 3.49. The Bertz CT molecular complexity index is 855. The lowest BCUT2D eigenvalue weighted by Gasteiger charge is -2.08. The van der Waals surface area contributed by atoms with Gasteiger partial charge in [0.15, 0.2) is 0 Å². The molecular weight excluding hydrogens is 378 g/mol. The van der Waals surface area contributed by atoms with E-state index in [2.05, 4.69) is 62.7 Å². The van der Waals surface area contributed by atoms with Crippen LogP contribution >= 0.6 is 15.9 Å². The number of methoxy groups -OCH3 is 1. The van der Waals surface area contributed by atoms with Crippen LogP contribution in [0.15, 0.2) is 59.6 Å². The van der Waals surface area contributed by atoms with Crippen LogP contribution in [0.3, 0.4) is 0 Å². The number of hydrogen-bond donors (Lipinski definition) is 1. The number of hydrogen-bond acceptors (Lipinski definition) is 3. The van der Waals surface area contributed by atoms with Gasteiger partial charge in [-0.3, -0.25) is 0 Å². The number of nitrogens with one attached hydrogen (secondary N) is 1. The van der Waals surface area contributed by atoms with Gasteiger partial charge < -0.3 is 14.6 Å². The van der Waals surface area contributed by atoms with Crippen molar-refractivity contribution in [3.63, 3.8) is 0 Å². The highest BCUT2D eigenvalue weighted by molar-refractivity contribution is 9.10. The Balaban J connectivity index is 1.68. The summed E-state index contributed by atoms with van der Waals surface area (Å²) in [6.45, 7) is 6.23. The Morgan fingerprint density at radius 1 is 1.24 bits per heavy atom. The Morgan fingerprint density at radius 3 is 2.76 bits per heavy atom. The van der Waals surface area contributed by atoms with Crippen molar-refractivity contribution < 1.29 is 4.74 Å². The predicted molar refractivity (Wildman–Crippen MR) is 106 cm³/mol. The van der Waals surface area contributed by atoms with Gasteiger partial charge in [-0.1, -0.05) is 34.1 Å². The average Bonchev–Trinajstić information content (AvgIpc) is 2.97. The van der Waals surface area contributed by atoms with E-state index >= 15 is 0 Å². The van der Waals surface area contributed by atoms with Gasteiger partial charge in [-0.05, 0) is 42.8 Å². The van der Waals surface area contributed by atoms with Crippen molar-refractivity contribution in [2.24, 2.45) is 0 Å². The fourth-order valence-corrected chi connectivity index (χ4v) is 3.10. The van der Waals surface area contributed by atoms with Crippen LogP contribution < -0.4 is 10.1 Å². The molecular formula is C20H22BrN3O. The zero-order valence-corrected chi connectivity index (χ0v) is 15.9. The molecule has 2 aromatic carbocycles. The van der Waals surface area contributed by atoms with Gasteiger partial charge in [-0.2, -0.15) is 0 Å². The van der Waals surface area contributed by atoms with Gasteiger partial charge in [0, 0.05) is 17.1 Å². The molecule has 4 nitrogen and oxygen atoms in total. The van der Waals surface area contributed by atoms with Gasteiger partial charge in [0.25, 0.3) is 0 Å². The summed E-state index contributed by atoms with van der Waals surface area (Å²) in [5.74, 6) is 1.84. The zero-order valence-electron chi connectivity index (χ0n) is 14.3. The molecule has 130 valence electrons. The number of aromatic nitrogens is 2. The van der Waals surface area contributed by atoms with Crippen LogP contribution in [-0.2, 0) is 19.5 Å². The van der Waals surface area contributed by atoms with E-state index in [9.17, 15) is 0 Å². The van der Waals surface area contributed by atoms with Crippen LogP contribution in [0, 0.1) is 0 Å². The normalized spacial score (nSPS) is 11.0. The van der Waals surface area contributed by atoms with Crippen molar-refractivity contribution in [1.82, 2.24) is 14.9 Å². The van der Waals surface area contributed by atoms with Crippen molar-refractivity contribution >= 4 is 27.0 Å². The summed E-state index contributed by atoms with van der Waals surface area (Å²) < 4.78 is 8.60. The van der Waals surface area contributed by atoms with Crippen LogP contribution in [0.4, 0.5) is 0 Å². The molecule has 1 heterocycles. The first-order chi connectivity index (χ1) is 12.2. The topological polar surface area (TPSA) is 39.1 Å². The number of fused-ring (bicyclic) bond motifs is 1. The van der Waals surface area contributed by atoms with E-state index in [1.807, 2.05) is 18.2 Å². The van der Waals surface area contributed by atoms with Gasteiger partial charge in [-0.25, -0.2) is 4.98 Å². The van der Waals surface area contributed by atoms with E-state index < -0.39 is 0 Å². The van der Waals surface area contributed by atoms with Gasteiger partial charge >= 0.3 is 0 Å². The lowest BCUT2D eigenvalue weighted by molar-refractivity contribution is 0.415. The largest absolute Gasteiger partial charge is 0.497 e. The second-order valence-electron chi connectivity index (χ2n) is 5.84. The number of benzene rings is 2. The summed E-state index contributed by atoms with van der Waals surface area (Å²) >= 11 is 3.46. The molecule has 1 N–H and O–H groups in total. The minimum atomic E-state index is 0.724. The van der Waals surface area contributed by atoms with E-state index in [0.29, 0.717) is 0 Å². The molecule has 0 aliphatic heterocycles. The molecule has 0 radical (unpaired) electrons. The Labute approximate surface area is 156 Å². The maximum atomic E-state index is 5.30. The molecule has 5 heteroatoms. The molecule has 0 amide bonds. The Hall–Kier alpha value is -2.11. The number of ether oxygens (including phenoxy) is 1. The van der Waals surface area contributed by atoms with Crippen molar-refractivity contribution in [3.8, 4) is 5.75 Å². The molecule has 0 bridgehead atoms. The SMILES string of the molecule is C=CCn1c(CNCCc2ccc(Br)cc2)nc2cc(OC)ccc21. The van der Waals surface area contributed by atoms with Crippen molar-refractivity contribution in [2.75, 3.05) is 13.7 Å². The van der Waals surface area contributed by atoms with Crippen LogP contribution in [-0.4, -0.2) is 23.2 Å². The Kier molecular flexibility index (Phi) is 5.89. The lowest BCUT2D eigenvalue weighted by atomic mass is 10.1. The van der Waals surface area contributed by atoms with E-state index in [1.54, 1.807) is 7.11 Å². The highest BCUT2D eigenvalue weighted by Crippen LogP contribution is 2.22. The fourth-order valence-electron chi connectivity index (χ4n) is 2.84. The molecule has 0 spiro atoms. The summed E-state index contributed by atoms with van der Waals surface area (Å²) in [4.78, 5) is 4.76. The second kappa shape index (κ2) is 8.32. The molecule has 0 unspecified atom stereocenters. The average molecular weight is 400 g/mol. The highest BCUT2D eigenvalue weighted by atomic mass is 79.9. The number of nitrogens with zero attached hydrogens (tertiary/aromatic N) is 2. The zero-order chi connectivity index (χ0) is 17.6. The van der Waals surface area contributed by atoms with E-state index in [-0.39, 0.29) is 0 Å². The van der Waals surface area contributed by atoms with Gasteiger partial charge in [-0.15, -0.1) is 6.58 Å². The van der Waals surface area contributed by atoms with Crippen molar-refractivity contribution in [1.29, 1.82) is 0 Å². The van der Waals surface area contributed by atoms with Crippen LogP contribution in [0.5, 0.6) is 5.75 Å². The number of allylic oxidation sites excluding steroid dienone is 1. The predicted octanol–water partition coefficient (Wildman–Crippen LogP) is 4.33. The van der Waals surface area contributed by atoms with Crippen molar-refractivity contribution in [2.45, 2.75) is 19.5 Å². The highest BCUT2D eigenvalue weighted by Gasteiger charge is 2.10. The quantitative estimate of drug-likeness (QED) is 0.452. The minimum absolute atomic E-state index is 0.724. The lowest BCUT2D eigenvalue weighted by Crippen LogP contribution is -2.19. The van der Waals surface area contributed by atoms with Gasteiger partial charge in [0.05, 0.1) is 24.7 Å². The minimum Gasteiger partial charge on any atom is -0.497 e. The summed E-state index contributed by atoms with van der Waals surface area (Å²) in [6.07, 6.45) is 2.89. The third kappa shape index (κ3) is 4.30. The first kappa shape index (κ1) is 17.7. The van der Waals surface area contributed by atoms with E-state index in [0.717, 1.165) is 53.1 Å². The maximum absolute atomic E-state index is 5.30. The number of rotatable bonds is 8. The standard InChI is InChI=1S/C20H22BrN3O/c1-3-12-24-19-9-8-17(25-2)13-18(19)23-20(24)14-22-11-10-15-4-6-16(21)7-5-15/h3-9,13,22H,1,10-12,14H2,2H3. The molecule has 3 rings (SSSR count). The molecule has 0 atom stereocenters. The number of imidazole rings is 1. The fraction of sp³-hybridized carbons (Fsp3) is 0.250. The number of halogens is 1. The molecule has 0 saturated heterocycles. The molecule has 1 aromatic heterocycles. The molecule has 0 aliphatic carbocycles. The second-order valence-corrected chi connectivity index (χ2v) is 6.75. The molecule has 3 aromatic rings. The van der Waals surface area contributed by atoms with Crippen LogP contribution in [0.2, 0.25) is 0 Å². The third-order valence-corrected chi connectivity index (χ3v) is 4.66. The first-order valence-electron chi connectivity index (χ1n) is 8.30. The Morgan fingerprint density at radius 2 is 2.04 bits per heavy atom.